The van der Waals surface area contributed by atoms with Gasteiger partial charge in [0.2, 0.25) is 0 Å². The quantitative estimate of drug-likeness (QED) is 0.227. The van der Waals surface area contributed by atoms with Crippen molar-refractivity contribution in [1.82, 2.24) is 0 Å². The molecule has 0 aromatic heterocycles. The molecule has 0 unspecified atom stereocenters. The summed E-state index contributed by atoms with van der Waals surface area (Å²) in [6.45, 7) is 0. The molecule has 0 saturated carbocycles. The van der Waals surface area contributed by atoms with Crippen LogP contribution in [0.1, 0.15) is 11.1 Å². The van der Waals surface area contributed by atoms with Gasteiger partial charge in [-0.1, -0.05) is 91.0 Å². The molecule has 6 aromatic rings. The Balaban J connectivity index is 1.64. The van der Waals surface area contributed by atoms with Gasteiger partial charge in [-0.2, -0.15) is 0 Å². The third-order valence-corrected chi connectivity index (χ3v) is 6.10. The molecule has 0 aliphatic carbocycles. The van der Waals surface area contributed by atoms with Crippen molar-refractivity contribution in [3.8, 4) is 0 Å². The van der Waals surface area contributed by atoms with E-state index < -0.39 is 0 Å². The van der Waals surface area contributed by atoms with Gasteiger partial charge in [0.15, 0.2) is 0 Å². The van der Waals surface area contributed by atoms with Crippen molar-refractivity contribution >= 4 is 43.1 Å². The number of fused-ring (bicyclic) bond motifs is 2. The molecule has 0 saturated heterocycles. The number of hydrogen-bond acceptors (Lipinski definition) is 0. The molecule has 28 heavy (non-hydrogen) atoms. The fraction of sp³-hybridized carbons (Fsp3) is 0.0714. The predicted molar refractivity (Wildman–Crippen MR) is 122 cm³/mol. The molecule has 0 aliphatic rings. The lowest BCUT2D eigenvalue weighted by Crippen LogP contribution is -1.94. The van der Waals surface area contributed by atoms with Gasteiger partial charge in [-0.05, 0) is 73.1 Å². The molecular weight excluding hydrogens is 336 g/mol. The molecule has 0 amide bonds. The van der Waals surface area contributed by atoms with E-state index in [0.29, 0.717) is 0 Å². The minimum atomic E-state index is 1.06. The van der Waals surface area contributed by atoms with Crippen LogP contribution < -0.4 is 0 Å². The summed E-state index contributed by atoms with van der Waals surface area (Å²) >= 11 is 0. The van der Waals surface area contributed by atoms with Crippen molar-refractivity contribution in [3.05, 3.63) is 108 Å². The summed E-state index contributed by atoms with van der Waals surface area (Å²) < 4.78 is 0. The normalized spacial score (nSPS) is 11.9. The maximum atomic E-state index is 2.37. The molecular formula is C28H20. The summed E-state index contributed by atoms with van der Waals surface area (Å²) in [5.41, 5.74) is 2.84. The second-order valence-electron chi connectivity index (χ2n) is 7.73. The molecule has 6 rings (SSSR count). The molecule has 0 heteroatoms. The summed E-state index contributed by atoms with van der Waals surface area (Å²) in [5.74, 6) is 0. The predicted octanol–water partition coefficient (Wildman–Crippen LogP) is 7.52. The highest BCUT2D eigenvalue weighted by Crippen LogP contribution is 2.39. The lowest BCUT2D eigenvalue weighted by Gasteiger charge is -2.15. The Morgan fingerprint density at radius 3 is 1.96 bits per heavy atom. The highest BCUT2D eigenvalue weighted by atomic mass is 14.2. The van der Waals surface area contributed by atoms with Crippen molar-refractivity contribution in [2.24, 2.45) is 0 Å². The van der Waals surface area contributed by atoms with Crippen LogP contribution in [0.15, 0.2) is 97.1 Å². The first-order valence-electron chi connectivity index (χ1n) is 10.0. The monoisotopic (exact) mass is 356 g/mol. The van der Waals surface area contributed by atoms with Gasteiger partial charge in [0, 0.05) is 0 Å². The Kier molecular flexibility index (Phi) is 3.39. The standard InChI is InChI=1S/C28H20/c1-2-6-19(7-3-1)12-13-20-8-5-11-23-18-24-15-14-21-9-4-10-22-16-17-25(26(20)23)28(24)27(21)22/h1-11,14-18H,12-13H2. The molecule has 0 spiro atoms. The first-order chi connectivity index (χ1) is 13.9. The topological polar surface area (TPSA) is 0 Å². The Labute approximate surface area is 164 Å². The Bertz CT molecular complexity index is 1430. The zero-order valence-corrected chi connectivity index (χ0v) is 15.7. The van der Waals surface area contributed by atoms with Crippen molar-refractivity contribution in [2.45, 2.75) is 12.8 Å². The van der Waals surface area contributed by atoms with Gasteiger partial charge in [0.25, 0.3) is 0 Å². The smallest absolute Gasteiger partial charge is 0.00202 e. The van der Waals surface area contributed by atoms with Crippen LogP contribution in [0.2, 0.25) is 0 Å². The second kappa shape index (κ2) is 6.07. The fourth-order valence-electron chi connectivity index (χ4n) is 4.81. The summed E-state index contributed by atoms with van der Waals surface area (Å²) in [6, 6.07) is 35.7. The Hall–Kier alpha value is -3.38. The van der Waals surface area contributed by atoms with Gasteiger partial charge < -0.3 is 0 Å². The summed E-state index contributed by atoms with van der Waals surface area (Å²) in [4.78, 5) is 0. The molecule has 0 aliphatic heterocycles. The van der Waals surface area contributed by atoms with E-state index in [9.17, 15) is 0 Å². The molecule has 0 radical (unpaired) electrons. The SMILES string of the molecule is c1ccc(CCc2cccc3cc4ccc5cccc6ccc(c23)c4c56)cc1. The van der Waals surface area contributed by atoms with Crippen LogP contribution in [0.5, 0.6) is 0 Å². The van der Waals surface area contributed by atoms with Crippen LogP contribution in [0.3, 0.4) is 0 Å². The first kappa shape index (κ1) is 15.7. The third-order valence-electron chi connectivity index (χ3n) is 6.10. The van der Waals surface area contributed by atoms with Crippen LogP contribution in [0.4, 0.5) is 0 Å². The molecule has 6 aromatic carbocycles. The molecule has 0 fully saturated rings. The molecule has 0 N–H and O–H groups in total. The van der Waals surface area contributed by atoms with E-state index in [1.54, 1.807) is 0 Å². The maximum Gasteiger partial charge on any atom is -0.00202 e. The summed E-state index contributed by atoms with van der Waals surface area (Å²) in [5, 5.41) is 11.0. The van der Waals surface area contributed by atoms with Crippen LogP contribution >= 0.6 is 0 Å². The molecule has 0 atom stereocenters. The molecule has 0 nitrogen and oxygen atoms in total. The third kappa shape index (κ3) is 2.31. The summed E-state index contributed by atoms with van der Waals surface area (Å²) in [6.07, 6.45) is 2.13. The summed E-state index contributed by atoms with van der Waals surface area (Å²) in [7, 11) is 0. The van der Waals surface area contributed by atoms with E-state index in [4.69, 9.17) is 0 Å². The minimum absolute atomic E-state index is 1.06. The average molecular weight is 356 g/mol. The van der Waals surface area contributed by atoms with Crippen molar-refractivity contribution < 1.29 is 0 Å². The van der Waals surface area contributed by atoms with Gasteiger partial charge in [0.05, 0.1) is 0 Å². The van der Waals surface area contributed by atoms with Crippen LogP contribution in [0.25, 0.3) is 43.1 Å². The van der Waals surface area contributed by atoms with E-state index in [-0.39, 0.29) is 0 Å². The van der Waals surface area contributed by atoms with Gasteiger partial charge in [0.1, 0.15) is 0 Å². The Morgan fingerprint density at radius 2 is 1.11 bits per heavy atom. The number of benzene rings is 6. The van der Waals surface area contributed by atoms with E-state index in [1.165, 1.54) is 54.2 Å². The number of hydrogen-bond donors (Lipinski definition) is 0. The average Bonchev–Trinajstić information content (AvgIpc) is 2.76. The van der Waals surface area contributed by atoms with Crippen molar-refractivity contribution in [3.63, 3.8) is 0 Å². The number of aryl methyl sites for hydroxylation is 2. The van der Waals surface area contributed by atoms with Crippen molar-refractivity contribution in [2.75, 3.05) is 0 Å². The lowest BCUT2D eigenvalue weighted by atomic mass is 9.88. The van der Waals surface area contributed by atoms with Gasteiger partial charge in [-0.25, -0.2) is 0 Å². The zero-order chi connectivity index (χ0) is 18.5. The van der Waals surface area contributed by atoms with Crippen LogP contribution in [-0.4, -0.2) is 0 Å². The van der Waals surface area contributed by atoms with Crippen LogP contribution in [-0.2, 0) is 12.8 Å². The highest BCUT2D eigenvalue weighted by Gasteiger charge is 2.13. The number of rotatable bonds is 3. The van der Waals surface area contributed by atoms with E-state index in [2.05, 4.69) is 97.1 Å². The first-order valence-corrected chi connectivity index (χ1v) is 10.0. The zero-order valence-electron chi connectivity index (χ0n) is 15.7. The van der Waals surface area contributed by atoms with E-state index in [1.807, 2.05) is 0 Å². The van der Waals surface area contributed by atoms with E-state index >= 15 is 0 Å². The van der Waals surface area contributed by atoms with Gasteiger partial charge in [-0.3, -0.25) is 0 Å². The highest BCUT2D eigenvalue weighted by molar-refractivity contribution is 6.29. The largest absolute Gasteiger partial charge is 0.0622 e. The van der Waals surface area contributed by atoms with Gasteiger partial charge in [-0.15, -0.1) is 0 Å². The van der Waals surface area contributed by atoms with Crippen molar-refractivity contribution in [1.29, 1.82) is 0 Å². The molecule has 132 valence electrons. The minimum Gasteiger partial charge on any atom is -0.0622 e. The fourth-order valence-corrected chi connectivity index (χ4v) is 4.81. The maximum absolute atomic E-state index is 2.37. The Morgan fingerprint density at radius 1 is 0.429 bits per heavy atom. The molecule has 0 bridgehead atoms. The second-order valence-corrected chi connectivity index (χ2v) is 7.73. The van der Waals surface area contributed by atoms with E-state index in [0.717, 1.165) is 12.8 Å². The lowest BCUT2D eigenvalue weighted by molar-refractivity contribution is 0.970. The van der Waals surface area contributed by atoms with Gasteiger partial charge >= 0.3 is 0 Å². The van der Waals surface area contributed by atoms with Crippen LogP contribution in [0, 0.1) is 0 Å². The molecule has 0 heterocycles.